The van der Waals surface area contributed by atoms with E-state index in [1.54, 1.807) is 40.7 Å². The number of Topliss-reactive ketones (excluding diaryl/α,β-unsaturated/α-hetero) is 1. The zero-order valence-corrected chi connectivity index (χ0v) is 28.6. The topological polar surface area (TPSA) is 163 Å². The van der Waals surface area contributed by atoms with Gasteiger partial charge in [0.25, 0.3) is 0 Å². The van der Waals surface area contributed by atoms with Crippen LogP contribution < -0.4 is 0 Å². The van der Waals surface area contributed by atoms with Crippen molar-refractivity contribution in [3.8, 4) is 0 Å². The minimum Gasteiger partial charge on any atom is -0.459 e. The highest BCUT2D eigenvalue weighted by atomic mass is 16.6. The molecule has 11 heteroatoms. The average molecular weight is 649 g/mol. The van der Waals surface area contributed by atoms with Gasteiger partial charge in [-0.15, -0.1) is 0 Å². The number of carbonyl (C=O) groups excluding carboxylic acids is 5. The van der Waals surface area contributed by atoms with Crippen molar-refractivity contribution in [2.24, 2.45) is 11.8 Å². The fourth-order valence-electron chi connectivity index (χ4n) is 7.50. The normalized spacial score (nSPS) is 34.0. The van der Waals surface area contributed by atoms with E-state index in [9.17, 15) is 34.2 Å². The first-order valence-electron chi connectivity index (χ1n) is 16.6. The van der Waals surface area contributed by atoms with Gasteiger partial charge in [-0.25, -0.2) is 4.79 Å². The lowest BCUT2D eigenvalue weighted by Crippen LogP contribution is -2.63. The van der Waals surface area contributed by atoms with Gasteiger partial charge in [-0.1, -0.05) is 45.6 Å². The van der Waals surface area contributed by atoms with Crippen LogP contribution in [0.5, 0.6) is 0 Å². The molecule has 0 radical (unpaired) electrons. The molecule has 0 saturated heterocycles. The van der Waals surface area contributed by atoms with E-state index >= 15 is 0 Å². The van der Waals surface area contributed by atoms with Crippen LogP contribution in [0.1, 0.15) is 120 Å². The summed E-state index contributed by atoms with van der Waals surface area (Å²) in [6.45, 7) is 12.8. The number of rotatable bonds is 13. The maximum Gasteiger partial charge on any atom is 0.334 e. The Hall–Kier alpha value is -3.05. The highest BCUT2D eigenvalue weighted by Gasteiger charge is 2.73. The summed E-state index contributed by atoms with van der Waals surface area (Å²) in [4.78, 5) is 65.4. The number of aliphatic hydroxyl groups is 2. The number of fused-ring (bicyclic) bond motifs is 3. The molecule has 2 saturated carbocycles. The molecule has 0 bridgehead atoms. The van der Waals surface area contributed by atoms with E-state index in [0.717, 1.165) is 25.7 Å². The molecule has 2 N–H and O–H groups in total. The van der Waals surface area contributed by atoms with Crippen molar-refractivity contribution in [2.75, 3.05) is 0 Å². The van der Waals surface area contributed by atoms with Gasteiger partial charge in [-0.2, -0.15) is 0 Å². The predicted molar refractivity (Wildman–Crippen MR) is 167 cm³/mol. The lowest BCUT2D eigenvalue weighted by atomic mass is 9.73. The molecule has 2 fully saturated rings. The molecule has 8 atom stereocenters. The largest absolute Gasteiger partial charge is 0.459 e. The maximum absolute atomic E-state index is 13.4. The second kappa shape index (κ2) is 14.8. The van der Waals surface area contributed by atoms with Gasteiger partial charge in [-0.05, 0) is 58.6 Å². The molecule has 258 valence electrons. The number of ketones is 1. The Labute approximate surface area is 272 Å². The number of carbonyl (C=O) groups is 5. The molecule has 0 heterocycles. The fraction of sp³-hybridized carbons (Fsp3) is 0.743. The minimum atomic E-state index is -2.35. The number of unbranched alkanes of at least 4 members (excludes halogenated alkanes) is 4. The summed E-state index contributed by atoms with van der Waals surface area (Å²) in [5.41, 5.74) is -5.21. The maximum atomic E-state index is 13.4. The second-order valence-corrected chi connectivity index (χ2v) is 13.4. The average Bonchev–Trinajstić information content (AvgIpc) is 3.30. The SMILES string of the molecule is C/C=C(/C)C(=O)O[C@@H]1C(C)=C2[C@@H]3CC(=O)[C@@](C)(O)[C@@]3(O)[C@H](OC(=O)CCC)C[C@@](C)(OC(C)=O)[C@@H]2[C@@H]1OC(=O)CCCCCCC. The summed E-state index contributed by atoms with van der Waals surface area (Å²) in [5, 5.41) is 24.1. The summed E-state index contributed by atoms with van der Waals surface area (Å²) >= 11 is 0. The van der Waals surface area contributed by atoms with E-state index in [1.165, 1.54) is 13.8 Å². The smallest absolute Gasteiger partial charge is 0.334 e. The molecule has 0 aliphatic heterocycles. The van der Waals surface area contributed by atoms with Crippen molar-refractivity contribution >= 4 is 29.7 Å². The van der Waals surface area contributed by atoms with Crippen LogP contribution in [0, 0.1) is 11.8 Å². The lowest BCUT2D eigenvalue weighted by molar-refractivity contribution is -0.216. The Kier molecular flexibility index (Phi) is 12.0. The number of hydrogen-bond donors (Lipinski definition) is 2. The van der Waals surface area contributed by atoms with Gasteiger partial charge in [0.15, 0.2) is 23.6 Å². The van der Waals surface area contributed by atoms with Crippen LogP contribution >= 0.6 is 0 Å². The number of ether oxygens (including phenoxy) is 4. The molecule has 11 nitrogen and oxygen atoms in total. The Morgan fingerprint density at radius 3 is 2.13 bits per heavy atom. The third kappa shape index (κ3) is 7.10. The van der Waals surface area contributed by atoms with Crippen LogP contribution in [0.25, 0.3) is 0 Å². The summed E-state index contributed by atoms with van der Waals surface area (Å²) < 4.78 is 23.9. The predicted octanol–water partition coefficient (Wildman–Crippen LogP) is 4.59. The third-order valence-corrected chi connectivity index (χ3v) is 10.0. The number of esters is 4. The summed E-state index contributed by atoms with van der Waals surface area (Å²) in [5.74, 6) is -5.36. The van der Waals surface area contributed by atoms with Gasteiger partial charge in [0.2, 0.25) is 0 Å². The molecule has 0 aromatic rings. The van der Waals surface area contributed by atoms with E-state index in [1.807, 2.05) is 0 Å². The van der Waals surface area contributed by atoms with Crippen molar-refractivity contribution in [1.29, 1.82) is 0 Å². The van der Waals surface area contributed by atoms with Crippen molar-refractivity contribution in [1.82, 2.24) is 0 Å². The van der Waals surface area contributed by atoms with Crippen LogP contribution in [0.3, 0.4) is 0 Å². The van der Waals surface area contributed by atoms with Crippen LogP contribution in [0.2, 0.25) is 0 Å². The third-order valence-electron chi connectivity index (χ3n) is 10.0. The zero-order valence-electron chi connectivity index (χ0n) is 28.6. The highest BCUT2D eigenvalue weighted by molar-refractivity contribution is 5.92. The molecule has 0 unspecified atom stereocenters. The fourth-order valence-corrected chi connectivity index (χ4v) is 7.50. The Morgan fingerprint density at radius 1 is 0.913 bits per heavy atom. The summed E-state index contributed by atoms with van der Waals surface area (Å²) in [6.07, 6.45) is 2.16. The van der Waals surface area contributed by atoms with Crippen LogP contribution in [0.15, 0.2) is 22.8 Å². The van der Waals surface area contributed by atoms with Crippen molar-refractivity contribution in [3.63, 3.8) is 0 Å². The summed E-state index contributed by atoms with van der Waals surface area (Å²) in [7, 11) is 0. The van der Waals surface area contributed by atoms with E-state index in [4.69, 9.17) is 18.9 Å². The Bertz CT molecular complexity index is 1260. The molecular weight excluding hydrogens is 596 g/mol. The first kappa shape index (κ1) is 37.4. The van der Waals surface area contributed by atoms with Gasteiger partial charge in [0.05, 0.1) is 5.92 Å². The quantitative estimate of drug-likeness (QED) is 0.0944. The van der Waals surface area contributed by atoms with Crippen molar-refractivity contribution in [3.05, 3.63) is 22.8 Å². The number of hydrogen-bond acceptors (Lipinski definition) is 11. The van der Waals surface area contributed by atoms with Gasteiger partial charge in [0.1, 0.15) is 17.3 Å². The molecule has 3 aliphatic rings. The Balaban J connectivity index is 2.23. The first-order chi connectivity index (χ1) is 21.5. The molecule has 0 aromatic heterocycles. The molecular formula is C35H52O11. The minimum absolute atomic E-state index is 0.0174. The summed E-state index contributed by atoms with van der Waals surface area (Å²) in [6, 6.07) is 0. The molecule has 3 rings (SSSR count). The highest BCUT2D eigenvalue weighted by Crippen LogP contribution is 2.60. The van der Waals surface area contributed by atoms with Crippen LogP contribution in [-0.4, -0.2) is 75.0 Å². The number of allylic oxidation sites excluding steroid dienone is 1. The monoisotopic (exact) mass is 648 g/mol. The van der Waals surface area contributed by atoms with Gasteiger partial charge in [-0.3, -0.25) is 19.2 Å². The van der Waals surface area contributed by atoms with Gasteiger partial charge >= 0.3 is 23.9 Å². The van der Waals surface area contributed by atoms with E-state index < -0.39 is 76.6 Å². The van der Waals surface area contributed by atoms with Crippen molar-refractivity contribution < 1.29 is 53.1 Å². The molecule has 0 amide bonds. The first-order valence-corrected chi connectivity index (χ1v) is 16.6. The Morgan fingerprint density at radius 2 is 1.54 bits per heavy atom. The van der Waals surface area contributed by atoms with Gasteiger partial charge in [0, 0.05) is 44.1 Å². The zero-order chi connectivity index (χ0) is 34.6. The molecule has 0 spiro atoms. The van der Waals surface area contributed by atoms with Gasteiger partial charge < -0.3 is 29.2 Å². The molecule has 46 heavy (non-hydrogen) atoms. The standard InChI is InChI=1S/C35H52O11/c1-9-12-13-14-15-17-27(39)44-31-29-28(21(5)30(31)45-32(40)20(4)11-3)23-18-24(37)34(8,41)35(23,42)25(43-26(38)16-10-2)19-33(29,7)46-22(6)36/h11,23,25,29-31,41-42H,9-10,12-19H2,1-8H3/b20-11-/t23-,25+,29-,30+,31-,33+,34+,35-/m0/s1. The van der Waals surface area contributed by atoms with Crippen LogP contribution in [-0.2, 0) is 42.9 Å². The van der Waals surface area contributed by atoms with Crippen molar-refractivity contribution in [2.45, 2.75) is 155 Å². The lowest BCUT2D eigenvalue weighted by Gasteiger charge is -2.43. The molecule has 3 aliphatic carbocycles. The second-order valence-electron chi connectivity index (χ2n) is 13.4. The van der Waals surface area contributed by atoms with Crippen LogP contribution in [0.4, 0.5) is 0 Å². The van der Waals surface area contributed by atoms with E-state index in [2.05, 4.69) is 6.92 Å². The van der Waals surface area contributed by atoms with E-state index in [-0.39, 0.29) is 25.7 Å². The molecule has 0 aromatic carbocycles. The van der Waals surface area contributed by atoms with E-state index in [0.29, 0.717) is 29.6 Å².